The molecule has 3 aromatic rings. The van der Waals surface area contributed by atoms with Crippen molar-refractivity contribution in [1.82, 2.24) is 4.98 Å². The number of pyridine rings is 1. The Morgan fingerprint density at radius 2 is 1.70 bits per heavy atom. The van der Waals surface area contributed by atoms with E-state index in [-0.39, 0.29) is 12.2 Å². The maximum Gasteiger partial charge on any atom is 0.573 e. The third-order valence-corrected chi connectivity index (χ3v) is 3.60. The van der Waals surface area contributed by atoms with Crippen molar-refractivity contribution >= 4 is 22.5 Å². The minimum Gasteiger partial charge on any atom is -0.405 e. The Balaban J connectivity index is 1.96. The van der Waals surface area contributed by atoms with Crippen LogP contribution in [-0.2, 0) is 6.42 Å². The molecule has 0 unspecified atom stereocenters. The smallest absolute Gasteiger partial charge is 0.405 e. The van der Waals surface area contributed by atoms with Crippen LogP contribution < -0.4 is 4.74 Å². The molecule has 0 amide bonds. The number of rotatable bonds is 3. The lowest BCUT2D eigenvalue weighted by Crippen LogP contribution is -2.18. The summed E-state index contributed by atoms with van der Waals surface area (Å²) >= 11 is 6.22. The molecule has 1 aromatic heterocycles. The second kappa shape index (κ2) is 6.08. The Bertz CT molecular complexity index is 849. The van der Waals surface area contributed by atoms with Crippen molar-refractivity contribution in [3.8, 4) is 5.75 Å². The summed E-state index contributed by atoms with van der Waals surface area (Å²) < 4.78 is 41.5. The van der Waals surface area contributed by atoms with Gasteiger partial charge in [0.05, 0.1) is 10.5 Å². The number of benzene rings is 2. The summed E-state index contributed by atoms with van der Waals surface area (Å²) in [6.07, 6.45) is -4.54. The van der Waals surface area contributed by atoms with Gasteiger partial charge in [0.15, 0.2) is 0 Å². The number of aromatic nitrogens is 1. The third kappa shape index (κ3) is 3.74. The van der Waals surface area contributed by atoms with Crippen LogP contribution >= 0.6 is 11.6 Å². The van der Waals surface area contributed by atoms with Crippen LogP contribution in [0.5, 0.6) is 5.75 Å². The minimum absolute atomic E-state index is 0.191. The lowest BCUT2D eigenvalue weighted by Gasteiger charge is -2.13. The highest BCUT2D eigenvalue weighted by atomic mass is 35.5. The van der Waals surface area contributed by atoms with E-state index in [9.17, 15) is 13.2 Å². The highest BCUT2D eigenvalue weighted by molar-refractivity contribution is 6.35. The zero-order valence-corrected chi connectivity index (χ0v) is 12.5. The maximum absolute atomic E-state index is 12.5. The number of hydrogen-bond donors (Lipinski definition) is 0. The predicted molar refractivity (Wildman–Crippen MR) is 82.7 cm³/mol. The summed E-state index contributed by atoms with van der Waals surface area (Å²) in [4.78, 5) is 4.45. The quantitative estimate of drug-likeness (QED) is 0.640. The van der Waals surface area contributed by atoms with E-state index in [0.717, 1.165) is 5.39 Å². The van der Waals surface area contributed by atoms with Crippen LogP contribution in [0, 0.1) is 0 Å². The zero-order valence-electron chi connectivity index (χ0n) is 11.8. The highest BCUT2D eigenvalue weighted by Crippen LogP contribution is 2.29. The first-order chi connectivity index (χ1) is 10.9. The molecule has 6 heteroatoms. The van der Waals surface area contributed by atoms with Gasteiger partial charge in [0.25, 0.3) is 0 Å². The summed E-state index contributed by atoms with van der Waals surface area (Å²) in [5.74, 6) is -0.230. The molecule has 0 aliphatic carbocycles. The van der Waals surface area contributed by atoms with E-state index in [2.05, 4.69) is 9.72 Å². The summed E-state index contributed by atoms with van der Waals surface area (Å²) in [7, 11) is 0. The molecule has 0 radical (unpaired) electrons. The Labute approximate surface area is 135 Å². The van der Waals surface area contributed by atoms with Crippen molar-refractivity contribution < 1.29 is 17.9 Å². The van der Waals surface area contributed by atoms with Crippen LogP contribution in [0.2, 0.25) is 5.02 Å². The van der Waals surface area contributed by atoms with Crippen LogP contribution in [0.15, 0.2) is 54.6 Å². The summed E-state index contributed by atoms with van der Waals surface area (Å²) in [5, 5.41) is 1.32. The molecule has 1 heterocycles. The van der Waals surface area contributed by atoms with E-state index in [0.29, 0.717) is 21.8 Å². The lowest BCUT2D eigenvalue weighted by atomic mass is 10.1. The molecule has 3 rings (SSSR count). The van der Waals surface area contributed by atoms with Crippen LogP contribution in [-0.4, -0.2) is 11.3 Å². The van der Waals surface area contributed by atoms with Crippen molar-refractivity contribution in [2.45, 2.75) is 12.8 Å². The van der Waals surface area contributed by atoms with Gasteiger partial charge in [-0.25, -0.2) is 0 Å². The molecule has 0 aliphatic heterocycles. The molecule has 23 heavy (non-hydrogen) atoms. The number of alkyl halides is 3. The van der Waals surface area contributed by atoms with Crippen LogP contribution in [0.25, 0.3) is 10.9 Å². The summed E-state index contributed by atoms with van der Waals surface area (Å²) in [6.45, 7) is 0. The average Bonchev–Trinajstić information content (AvgIpc) is 2.48. The number of fused-ring (bicyclic) bond motifs is 1. The van der Waals surface area contributed by atoms with Crippen molar-refractivity contribution in [3.63, 3.8) is 0 Å². The van der Waals surface area contributed by atoms with Gasteiger partial charge in [0, 0.05) is 23.1 Å². The molecule has 0 saturated carbocycles. The van der Waals surface area contributed by atoms with Gasteiger partial charge >= 0.3 is 6.36 Å². The molecule has 2 nitrogen and oxygen atoms in total. The van der Waals surface area contributed by atoms with Gasteiger partial charge in [-0.1, -0.05) is 48.0 Å². The Kier molecular flexibility index (Phi) is 4.13. The van der Waals surface area contributed by atoms with Crippen LogP contribution in [0.4, 0.5) is 13.2 Å². The maximum atomic E-state index is 12.5. The van der Waals surface area contributed by atoms with E-state index in [4.69, 9.17) is 11.6 Å². The monoisotopic (exact) mass is 337 g/mol. The minimum atomic E-state index is -4.73. The van der Waals surface area contributed by atoms with Gasteiger partial charge in [0.1, 0.15) is 5.75 Å². The van der Waals surface area contributed by atoms with E-state index in [1.54, 1.807) is 18.2 Å². The van der Waals surface area contributed by atoms with E-state index < -0.39 is 6.36 Å². The van der Waals surface area contributed by atoms with Crippen molar-refractivity contribution in [1.29, 1.82) is 0 Å². The fourth-order valence-electron chi connectivity index (χ4n) is 2.34. The van der Waals surface area contributed by atoms with Gasteiger partial charge in [-0.05, 0) is 18.2 Å². The molecule has 0 aliphatic rings. The van der Waals surface area contributed by atoms with Crippen molar-refractivity contribution in [2.75, 3.05) is 0 Å². The molecule has 0 saturated heterocycles. The second-order valence-corrected chi connectivity index (χ2v) is 5.35. The topological polar surface area (TPSA) is 22.1 Å². The standard InChI is InChI=1S/C17H11ClF3NO/c18-14-10-12(22-15-7-3-2-6-13(14)15)9-11-5-1-4-8-16(11)23-17(19,20)21/h1-8,10H,9H2. The third-order valence-electron chi connectivity index (χ3n) is 3.29. The van der Waals surface area contributed by atoms with Crippen molar-refractivity contribution in [3.05, 3.63) is 70.9 Å². The van der Waals surface area contributed by atoms with E-state index >= 15 is 0 Å². The predicted octanol–water partition coefficient (Wildman–Crippen LogP) is 5.38. The van der Waals surface area contributed by atoms with Gasteiger partial charge in [-0.15, -0.1) is 13.2 Å². The summed E-state index contributed by atoms with van der Waals surface area (Å²) in [6, 6.07) is 15.0. The largest absolute Gasteiger partial charge is 0.573 e. The first-order valence-corrected chi connectivity index (χ1v) is 7.18. The normalized spacial score (nSPS) is 11.7. The molecular weight excluding hydrogens is 327 g/mol. The Hall–Kier alpha value is -2.27. The first kappa shape index (κ1) is 15.6. The fourth-order valence-corrected chi connectivity index (χ4v) is 2.63. The molecule has 2 aromatic carbocycles. The Morgan fingerprint density at radius 3 is 2.48 bits per heavy atom. The van der Waals surface area contributed by atoms with Crippen molar-refractivity contribution in [2.24, 2.45) is 0 Å². The number of nitrogens with zero attached hydrogens (tertiary/aromatic N) is 1. The zero-order chi connectivity index (χ0) is 16.4. The molecule has 118 valence electrons. The SMILES string of the molecule is FC(F)(F)Oc1ccccc1Cc1cc(Cl)c2ccccc2n1. The van der Waals surface area contributed by atoms with Crippen LogP contribution in [0.3, 0.4) is 0 Å². The lowest BCUT2D eigenvalue weighted by molar-refractivity contribution is -0.274. The molecule has 0 N–H and O–H groups in total. The fraction of sp³-hybridized carbons (Fsp3) is 0.118. The van der Waals surface area contributed by atoms with Gasteiger partial charge < -0.3 is 4.74 Å². The Morgan fingerprint density at radius 1 is 1.00 bits per heavy atom. The highest BCUT2D eigenvalue weighted by Gasteiger charge is 2.32. The summed E-state index contributed by atoms with van der Waals surface area (Å²) in [5.41, 5.74) is 1.67. The molecule has 0 fully saturated rings. The second-order valence-electron chi connectivity index (χ2n) is 4.94. The van der Waals surface area contributed by atoms with Gasteiger partial charge in [-0.3, -0.25) is 4.98 Å². The molecule has 0 atom stereocenters. The molecule has 0 bridgehead atoms. The van der Waals surface area contributed by atoms with Crippen LogP contribution in [0.1, 0.15) is 11.3 Å². The van der Waals surface area contributed by atoms with E-state index in [1.807, 2.05) is 24.3 Å². The number of hydrogen-bond acceptors (Lipinski definition) is 2. The molecular formula is C17H11ClF3NO. The van der Waals surface area contributed by atoms with E-state index in [1.165, 1.54) is 12.1 Å². The van der Waals surface area contributed by atoms with Gasteiger partial charge in [-0.2, -0.15) is 0 Å². The number of halogens is 4. The van der Waals surface area contributed by atoms with Gasteiger partial charge in [0.2, 0.25) is 0 Å². The first-order valence-electron chi connectivity index (χ1n) is 6.80. The molecule has 0 spiro atoms. The average molecular weight is 338 g/mol. The number of para-hydroxylation sites is 2. The number of ether oxygens (including phenoxy) is 1.